The molecule has 0 N–H and O–H groups in total. The van der Waals surface area contributed by atoms with Gasteiger partial charge in [0.05, 0.1) is 0 Å². The molecule has 4 nitrogen and oxygen atoms in total. The SMILES string of the molecule is CN1CCc2ccccc2Cc2ccc(OC(=O)N(C)C)cc2CC1. The van der Waals surface area contributed by atoms with Crippen LogP contribution in [0.5, 0.6) is 5.75 Å². The zero-order chi connectivity index (χ0) is 17.8. The summed E-state index contributed by atoms with van der Waals surface area (Å²) < 4.78 is 5.44. The maximum Gasteiger partial charge on any atom is 0.414 e. The second kappa shape index (κ2) is 7.70. The van der Waals surface area contributed by atoms with Gasteiger partial charge in [-0.1, -0.05) is 30.3 Å². The van der Waals surface area contributed by atoms with Crippen molar-refractivity contribution in [3.8, 4) is 5.75 Å². The molecule has 2 aromatic carbocycles. The number of carbonyl (C=O) groups is 1. The molecule has 0 aliphatic carbocycles. The molecule has 25 heavy (non-hydrogen) atoms. The molecule has 4 heteroatoms. The Morgan fingerprint density at radius 3 is 2.32 bits per heavy atom. The van der Waals surface area contributed by atoms with E-state index in [1.165, 1.54) is 27.2 Å². The highest BCUT2D eigenvalue weighted by molar-refractivity contribution is 5.70. The fraction of sp³-hybridized carbons (Fsp3) is 0.381. The number of amides is 1. The van der Waals surface area contributed by atoms with Gasteiger partial charge in [-0.25, -0.2) is 4.79 Å². The van der Waals surface area contributed by atoms with E-state index in [2.05, 4.69) is 42.3 Å². The second-order valence-electron chi connectivity index (χ2n) is 6.94. The van der Waals surface area contributed by atoms with Gasteiger partial charge in [-0.2, -0.15) is 0 Å². The number of carbonyl (C=O) groups excluding carboxylic acids is 1. The minimum absolute atomic E-state index is 0.345. The van der Waals surface area contributed by atoms with Crippen LogP contribution in [0.25, 0.3) is 0 Å². The Morgan fingerprint density at radius 2 is 1.60 bits per heavy atom. The van der Waals surface area contributed by atoms with Gasteiger partial charge in [-0.05, 0) is 60.7 Å². The summed E-state index contributed by atoms with van der Waals surface area (Å²) in [5, 5.41) is 0. The third-order valence-corrected chi connectivity index (χ3v) is 4.77. The van der Waals surface area contributed by atoms with Crippen molar-refractivity contribution in [2.45, 2.75) is 19.3 Å². The first kappa shape index (κ1) is 17.5. The third kappa shape index (κ3) is 4.40. The molecule has 1 aliphatic heterocycles. The highest BCUT2D eigenvalue weighted by Gasteiger charge is 2.14. The molecule has 0 saturated carbocycles. The predicted octanol–water partition coefficient (Wildman–Crippen LogP) is 3.37. The second-order valence-corrected chi connectivity index (χ2v) is 6.94. The van der Waals surface area contributed by atoms with E-state index in [4.69, 9.17) is 4.74 Å². The summed E-state index contributed by atoms with van der Waals surface area (Å²) in [7, 11) is 5.55. The molecular formula is C21H26N2O2. The number of fused-ring (bicyclic) bond motifs is 2. The van der Waals surface area contributed by atoms with E-state index in [1.807, 2.05) is 12.1 Å². The lowest BCUT2D eigenvalue weighted by Gasteiger charge is -2.22. The Balaban J connectivity index is 1.92. The Morgan fingerprint density at radius 1 is 0.960 bits per heavy atom. The van der Waals surface area contributed by atoms with Gasteiger partial charge in [0, 0.05) is 27.2 Å². The van der Waals surface area contributed by atoms with E-state index in [1.54, 1.807) is 14.1 Å². The number of rotatable bonds is 1. The monoisotopic (exact) mass is 338 g/mol. The normalized spacial score (nSPS) is 15.0. The molecule has 1 amide bonds. The van der Waals surface area contributed by atoms with Gasteiger partial charge in [-0.3, -0.25) is 0 Å². The summed E-state index contributed by atoms with van der Waals surface area (Å²) in [6.07, 6.45) is 2.63. The molecule has 0 fully saturated rings. The maximum atomic E-state index is 11.8. The molecule has 0 spiro atoms. The van der Waals surface area contributed by atoms with E-state index in [-0.39, 0.29) is 6.09 Å². The van der Waals surface area contributed by atoms with E-state index in [0.717, 1.165) is 32.4 Å². The topological polar surface area (TPSA) is 32.8 Å². The van der Waals surface area contributed by atoms with Gasteiger partial charge in [0.2, 0.25) is 0 Å². The number of hydrogen-bond donors (Lipinski definition) is 0. The van der Waals surface area contributed by atoms with E-state index >= 15 is 0 Å². The first-order valence-electron chi connectivity index (χ1n) is 8.79. The van der Waals surface area contributed by atoms with E-state index in [0.29, 0.717) is 5.75 Å². The van der Waals surface area contributed by atoms with E-state index in [9.17, 15) is 4.79 Å². The molecule has 0 unspecified atom stereocenters. The summed E-state index contributed by atoms with van der Waals surface area (Å²) in [6.45, 7) is 2.06. The van der Waals surface area contributed by atoms with E-state index < -0.39 is 0 Å². The summed E-state index contributed by atoms with van der Waals surface area (Å²) in [4.78, 5) is 15.6. The molecule has 1 heterocycles. The lowest BCUT2D eigenvalue weighted by atomic mass is 9.93. The Kier molecular flexibility index (Phi) is 5.39. The van der Waals surface area contributed by atoms with Crippen LogP contribution in [0.1, 0.15) is 22.3 Å². The summed E-state index contributed by atoms with van der Waals surface area (Å²) in [6, 6.07) is 14.7. The molecule has 132 valence electrons. The smallest absolute Gasteiger partial charge is 0.410 e. The molecule has 0 saturated heterocycles. The molecular weight excluding hydrogens is 312 g/mol. The standard InChI is InChI=1S/C21H26N2O2/c1-22(2)21(24)25-20-9-8-18-14-17-7-5-4-6-16(17)10-12-23(3)13-11-19(18)15-20/h4-9,15H,10-14H2,1-3H3. The maximum absolute atomic E-state index is 11.8. The Bertz CT molecular complexity index is 755. The quantitative estimate of drug-likeness (QED) is 0.799. The molecule has 0 bridgehead atoms. The summed E-state index contributed by atoms with van der Waals surface area (Å²) in [5.41, 5.74) is 5.38. The average molecular weight is 338 g/mol. The van der Waals surface area contributed by atoms with Gasteiger partial charge >= 0.3 is 6.09 Å². The van der Waals surface area contributed by atoms with Crippen molar-refractivity contribution in [1.29, 1.82) is 0 Å². The van der Waals surface area contributed by atoms with Crippen LogP contribution in [0.4, 0.5) is 4.79 Å². The van der Waals surface area contributed by atoms with Crippen LogP contribution in [0.3, 0.4) is 0 Å². The highest BCUT2D eigenvalue weighted by atomic mass is 16.6. The largest absolute Gasteiger partial charge is 0.414 e. The molecule has 0 aromatic heterocycles. The Labute approximate surface area is 150 Å². The van der Waals surface area contributed by atoms with Crippen LogP contribution in [0, 0.1) is 0 Å². The van der Waals surface area contributed by atoms with Gasteiger partial charge in [-0.15, -0.1) is 0 Å². The first-order valence-corrected chi connectivity index (χ1v) is 8.79. The highest BCUT2D eigenvalue weighted by Crippen LogP contribution is 2.24. The fourth-order valence-corrected chi connectivity index (χ4v) is 3.18. The molecule has 1 aliphatic rings. The first-order chi connectivity index (χ1) is 12.0. The lowest BCUT2D eigenvalue weighted by molar-refractivity contribution is 0.172. The van der Waals surface area contributed by atoms with Gasteiger partial charge < -0.3 is 14.5 Å². The molecule has 0 radical (unpaired) electrons. The van der Waals surface area contributed by atoms with Gasteiger partial charge in [0.1, 0.15) is 5.75 Å². The minimum atomic E-state index is -0.345. The van der Waals surface area contributed by atoms with Crippen molar-refractivity contribution in [3.63, 3.8) is 0 Å². The Hall–Kier alpha value is -2.33. The van der Waals surface area contributed by atoms with Crippen LogP contribution in [-0.4, -0.2) is 50.1 Å². The molecule has 2 aromatic rings. The van der Waals surface area contributed by atoms with Crippen LogP contribution < -0.4 is 4.74 Å². The van der Waals surface area contributed by atoms with Gasteiger partial charge in [0.25, 0.3) is 0 Å². The van der Waals surface area contributed by atoms with Crippen LogP contribution in [0.15, 0.2) is 42.5 Å². The summed E-state index contributed by atoms with van der Waals surface area (Å²) >= 11 is 0. The fourth-order valence-electron chi connectivity index (χ4n) is 3.18. The lowest BCUT2D eigenvalue weighted by Crippen LogP contribution is -2.26. The zero-order valence-corrected chi connectivity index (χ0v) is 15.3. The van der Waals surface area contributed by atoms with Crippen molar-refractivity contribution in [2.24, 2.45) is 0 Å². The van der Waals surface area contributed by atoms with Crippen molar-refractivity contribution in [2.75, 3.05) is 34.2 Å². The average Bonchev–Trinajstić information content (AvgIpc) is 2.60. The summed E-state index contributed by atoms with van der Waals surface area (Å²) in [5.74, 6) is 0.616. The zero-order valence-electron chi connectivity index (χ0n) is 15.3. The number of likely N-dealkylation sites (N-methyl/N-ethyl adjacent to an activating group) is 1. The minimum Gasteiger partial charge on any atom is -0.410 e. The van der Waals surface area contributed by atoms with Crippen molar-refractivity contribution < 1.29 is 9.53 Å². The molecule has 0 atom stereocenters. The number of nitrogens with zero attached hydrogens (tertiary/aromatic N) is 2. The molecule has 3 rings (SSSR count). The van der Waals surface area contributed by atoms with Crippen molar-refractivity contribution in [3.05, 3.63) is 64.7 Å². The predicted molar refractivity (Wildman–Crippen MR) is 100 cm³/mol. The van der Waals surface area contributed by atoms with Gasteiger partial charge in [0.15, 0.2) is 0 Å². The van der Waals surface area contributed by atoms with Crippen molar-refractivity contribution >= 4 is 6.09 Å². The number of hydrogen-bond acceptors (Lipinski definition) is 3. The van der Waals surface area contributed by atoms with Crippen LogP contribution in [-0.2, 0) is 19.3 Å². The van der Waals surface area contributed by atoms with Crippen molar-refractivity contribution in [1.82, 2.24) is 9.80 Å². The third-order valence-electron chi connectivity index (χ3n) is 4.77. The van der Waals surface area contributed by atoms with Crippen LogP contribution in [0.2, 0.25) is 0 Å². The van der Waals surface area contributed by atoms with Crippen LogP contribution >= 0.6 is 0 Å². The number of ether oxygens (including phenoxy) is 1. The number of benzene rings is 2.